The molecule has 23 heavy (non-hydrogen) atoms. The van der Waals surface area contributed by atoms with Gasteiger partial charge in [0.05, 0.1) is 0 Å². The van der Waals surface area contributed by atoms with E-state index < -0.39 is 0 Å². The van der Waals surface area contributed by atoms with Gasteiger partial charge in [0.25, 0.3) is 5.91 Å². The van der Waals surface area contributed by atoms with Crippen molar-refractivity contribution in [2.45, 2.75) is 38.0 Å². The zero-order valence-corrected chi connectivity index (χ0v) is 12.9. The van der Waals surface area contributed by atoms with Crippen molar-refractivity contribution in [3.05, 3.63) is 36.0 Å². The molecule has 0 N–H and O–H groups in total. The first kappa shape index (κ1) is 14.3. The molecule has 2 aliphatic rings. The molecule has 1 saturated heterocycles. The van der Waals surface area contributed by atoms with Crippen LogP contribution < -0.4 is 0 Å². The van der Waals surface area contributed by atoms with Gasteiger partial charge in [-0.3, -0.25) is 4.79 Å². The van der Waals surface area contributed by atoms with Crippen LogP contribution in [-0.2, 0) is 6.42 Å². The summed E-state index contributed by atoms with van der Waals surface area (Å²) in [6.07, 6.45) is 8.31. The third-order valence-corrected chi connectivity index (χ3v) is 4.45. The van der Waals surface area contributed by atoms with E-state index in [0.29, 0.717) is 24.3 Å². The molecule has 0 spiro atoms. The molecule has 2 aromatic rings. The smallest absolute Gasteiger partial charge is 0.291 e. The van der Waals surface area contributed by atoms with E-state index in [1.165, 1.54) is 12.8 Å². The second-order valence-electron chi connectivity index (χ2n) is 6.36. The van der Waals surface area contributed by atoms with Gasteiger partial charge in [0, 0.05) is 37.8 Å². The highest BCUT2D eigenvalue weighted by atomic mass is 16.5. The molecule has 1 aliphatic carbocycles. The van der Waals surface area contributed by atoms with Gasteiger partial charge in [-0.15, -0.1) is 0 Å². The van der Waals surface area contributed by atoms with Gasteiger partial charge in [-0.05, 0) is 37.7 Å². The van der Waals surface area contributed by atoms with Crippen LogP contribution in [0.5, 0.6) is 0 Å². The first-order valence-corrected chi connectivity index (χ1v) is 8.18. The molecular weight excluding hydrogens is 294 g/mol. The molecule has 2 fully saturated rings. The van der Waals surface area contributed by atoms with E-state index >= 15 is 0 Å². The molecule has 120 valence electrons. The summed E-state index contributed by atoms with van der Waals surface area (Å²) in [5.41, 5.74) is 0. The number of hydrogen-bond donors (Lipinski definition) is 0. The highest BCUT2D eigenvalue weighted by Gasteiger charge is 2.30. The molecule has 1 saturated carbocycles. The predicted octanol–water partition coefficient (Wildman–Crippen LogP) is 1.83. The van der Waals surface area contributed by atoms with Gasteiger partial charge in [-0.1, -0.05) is 5.16 Å². The number of piperidine rings is 1. The summed E-state index contributed by atoms with van der Waals surface area (Å²) in [7, 11) is 0. The number of carbonyl (C=O) groups is 1. The lowest BCUT2D eigenvalue weighted by Gasteiger charge is -2.31. The maximum Gasteiger partial charge on any atom is 0.291 e. The van der Waals surface area contributed by atoms with E-state index in [-0.39, 0.29) is 11.7 Å². The average Bonchev–Trinajstić information content (AvgIpc) is 3.35. The minimum absolute atomic E-state index is 0.0977. The van der Waals surface area contributed by atoms with Crippen LogP contribution in [0.1, 0.15) is 53.9 Å². The zero-order valence-electron chi connectivity index (χ0n) is 12.9. The minimum atomic E-state index is -0.0977. The Morgan fingerprint density at radius 3 is 2.87 bits per heavy atom. The number of likely N-dealkylation sites (tertiary alicyclic amines) is 1. The molecule has 0 radical (unpaired) electrons. The van der Waals surface area contributed by atoms with Crippen LogP contribution >= 0.6 is 0 Å². The molecule has 1 amide bonds. The Morgan fingerprint density at radius 2 is 2.09 bits per heavy atom. The van der Waals surface area contributed by atoms with Gasteiger partial charge in [0.2, 0.25) is 11.7 Å². The average molecular weight is 313 g/mol. The molecule has 0 aromatic carbocycles. The summed E-state index contributed by atoms with van der Waals surface area (Å²) < 4.78 is 5.36. The van der Waals surface area contributed by atoms with Crippen LogP contribution in [0, 0.1) is 5.92 Å². The second kappa shape index (κ2) is 6.06. The quantitative estimate of drug-likeness (QED) is 0.856. The van der Waals surface area contributed by atoms with Gasteiger partial charge >= 0.3 is 0 Å². The Balaban J connectivity index is 1.39. The van der Waals surface area contributed by atoms with Crippen LogP contribution in [0.15, 0.2) is 23.0 Å². The van der Waals surface area contributed by atoms with Crippen LogP contribution in [0.3, 0.4) is 0 Å². The van der Waals surface area contributed by atoms with Gasteiger partial charge in [-0.2, -0.15) is 4.98 Å². The van der Waals surface area contributed by atoms with Crippen LogP contribution in [0.4, 0.5) is 0 Å². The summed E-state index contributed by atoms with van der Waals surface area (Å²) in [4.78, 5) is 26.9. The lowest BCUT2D eigenvalue weighted by Crippen LogP contribution is -2.41. The van der Waals surface area contributed by atoms with Gasteiger partial charge < -0.3 is 9.42 Å². The Labute approximate surface area is 134 Å². The van der Waals surface area contributed by atoms with Gasteiger partial charge in [-0.25, -0.2) is 9.97 Å². The fraction of sp³-hybridized carbons (Fsp3) is 0.562. The van der Waals surface area contributed by atoms with Crippen molar-refractivity contribution in [3.63, 3.8) is 0 Å². The normalized spacial score (nSPS) is 21.4. The van der Waals surface area contributed by atoms with Gasteiger partial charge in [0.1, 0.15) is 0 Å². The fourth-order valence-corrected chi connectivity index (χ4v) is 3.07. The minimum Gasteiger partial charge on any atom is -0.339 e. The zero-order chi connectivity index (χ0) is 15.6. The lowest BCUT2D eigenvalue weighted by molar-refractivity contribution is 0.0655. The van der Waals surface area contributed by atoms with Crippen molar-refractivity contribution in [1.82, 2.24) is 25.0 Å². The molecule has 1 unspecified atom stereocenters. The fourth-order valence-electron chi connectivity index (χ4n) is 3.07. The van der Waals surface area contributed by atoms with E-state index in [2.05, 4.69) is 20.1 Å². The summed E-state index contributed by atoms with van der Waals surface area (Å²) >= 11 is 0. The van der Waals surface area contributed by atoms with Gasteiger partial charge in [0.15, 0.2) is 5.82 Å². The van der Waals surface area contributed by atoms with Crippen molar-refractivity contribution >= 4 is 5.91 Å². The number of hydrogen-bond acceptors (Lipinski definition) is 6. The molecule has 3 heterocycles. The van der Waals surface area contributed by atoms with Crippen molar-refractivity contribution < 1.29 is 9.32 Å². The van der Waals surface area contributed by atoms with Crippen LogP contribution in [0.25, 0.3) is 0 Å². The topological polar surface area (TPSA) is 85.0 Å². The Hall–Kier alpha value is -2.31. The molecule has 4 rings (SSSR count). The first-order valence-electron chi connectivity index (χ1n) is 8.18. The maximum absolute atomic E-state index is 12.4. The molecular formula is C16H19N5O2. The molecule has 1 aliphatic heterocycles. The Morgan fingerprint density at radius 1 is 1.26 bits per heavy atom. The van der Waals surface area contributed by atoms with E-state index in [9.17, 15) is 4.79 Å². The monoisotopic (exact) mass is 313 g/mol. The highest BCUT2D eigenvalue weighted by Crippen LogP contribution is 2.38. The largest absolute Gasteiger partial charge is 0.339 e. The lowest BCUT2D eigenvalue weighted by atomic mass is 9.94. The van der Waals surface area contributed by atoms with E-state index in [4.69, 9.17) is 4.52 Å². The summed E-state index contributed by atoms with van der Waals surface area (Å²) in [6, 6.07) is 1.71. The van der Waals surface area contributed by atoms with Crippen molar-refractivity contribution in [2.24, 2.45) is 5.92 Å². The highest BCUT2D eigenvalue weighted by molar-refractivity contribution is 5.90. The summed E-state index contributed by atoms with van der Waals surface area (Å²) in [6.45, 7) is 1.45. The van der Waals surface area contributed by atoms with Crippen molar-refractivity contribution in [2.75, 3.05) is 13.1 Å². The number of carbonyl (C=O) groups excluding carboxylic acids is 1. The first-order chi connectivity index (χ1) is 11.3. The standard InChI is InChI=1S/C16H19N5O2/c22-16(15-17-6-2-7-18-15)21-8-1-3-11(10-21)9-13-19-14(20-23-13)12-4-5-12/h2,6-7,11-12H,1,3-5,8-10H2. The maximum atomic E-state index is 12.4. The third-order valence-electron chi connectivity index (χ3n) is 4.45. The van der Waals surface area contributed by atoms with E-state index in [1.54, 1.807) is 18.5 Å². The van der Waals surface area contributed by atoms with E-state index in [1.807, 2.05) is 4.90 Å². The number of amides is 1. The molecule has 7 heteroatoms. The van der Waals surface area contributed by atoms with Crippen molar-refractivity contribution in [1.29, 1.82) is 0 Å². The molecule has 7 nitrogen and oxygen atoms in total. The van der Waals surface area contributed by atoms with Crippen LogP contribution in [0.2, 0.25) is 0 Å². The molecule has 2 aromatic heterocycles. The number of nitrogens with zero attached hydrogens (tertiary/aromatic N) is 5. The van der Waals surface area contributed by atoms with Crippen LogP contribution in [-0.4, -0.2) is 44.0 Å². The van der Waals surface area contributed by atoms with Crippen molar-refractivity contribution in [3.8, 4) is 0 Å². The third kappa shape index (κ3) is 3.23. The Kier molecular flexibility index (Phi) is 3.77. The second-order valence-corrected chi connectivity index (χ2v) is 6.36. The molecule has 1 atom stereocenters. The SMILES string of the molecule is O=C(c1ncccn1)N1CCCC(Cc2nc(C3CC3)no2)C1. The Bertz CT molecular complexity index is 683. The predicted molar refractivity (Wildman–Crippen MR) is 80.6 cm³/mol. The number of rotatable bonds is 4. The summed E-state index contributed by atoms with van der Waals surface area (Å²) in [5, 5.41) is 4.06. The summed E-state index contributed by atoms with van der Waals surface area (Å²) in [5.74, 6) is 2.57. The van der Waals surface area contributed by atoms with E-state index in [0.717, 1.165) is 31.6 Å². The molecule has 0 bridgehead atoms. The number of aromatic nitrogens is 4.